The predicted molar refractivity (Wildman–Crippen MR) is 97.0 cm³/mol. The lowest BCUT2D eigenvalue weighted by Gasteiger charge is -2.17. The van der Waals surface area contributed by atoms with Gasteiger partial charge < -0.3 is 10.2 Å². The molecule has 0 spiro atoms. The van der Waals surface area contributed by atoms with Crippen LogP contribution in [0.5, 0.6) is 0 Å². The van der Waals surface area contributed by atoms with E-state index in [0.29, 0.717) is 33.0 Å². The summed E-state index contributed by atoms with van der Waals surface area (Å²) in [5, 5.41) is 4.14. The largest absolute Gasteiger partial charge is 0.324 e. The van der Waals surface area contributed by atoms with Gasteiger partial charge in [0.1, 0.15) is 0 Å². The Balaban J connectivity index is 1.73. The Labute approximate surface area is 154 Å². The van der Waals surface area contributed by atoms with E-state index in [2.05, 4.69) is 5.32 Å². The van der Waals surface area contributed by atoms with E-state index in [0.717, 1.165) is 0 Å². The van der Waals surface area contributed by atoms with Gasteiger partial charge in [0.2, 0.25) is 11.8 Å². The smallest absolute Gasteiger partial charge is 0.229 e. The lowest BCUT2D eigenvalue weighted by atomic mass is 10.1. The summed E-state index contributed by atoms with van der Waals surface area (Å²) in [4.78, 5) is 26.2. The van der Waals surface area contributed by atoms with Crippen LogP contribution in [0.3, 0.4) is 0 Å². The number of carbonyl (C=O) groups is 2. The van der Waals surface area contributed by atoms with Gasteiger partial charge in [0.15, 0.2) is 0 Å². The minimum atomic E-state index is -0.466. The summed E-state index contributed by atoms with van der Waals surface area (Å²) in [5.41, 5.74) is 1.12. The molecule has 0 aromatic heterocycles. The van der Waals surface area contributed by atoms with Crippen molar-refractivity contribution in [2.24, 2.45) is 5.92 Å². The third-order valence-corrected chi connectivity index (χ3v) is 4.60. The third-order valence-electron chi connectivity index (χ3n) is 3.80. The van der Waals surface area contributed by atoms with Gasteiger partial charge in [0.05, 0.1) is 16.6 Å². The fourth-order valence-corrected chi connectivity index (χ4v) is 3.13. The number of amides is 2. The standard InChI is InChI=1S/C17H13Cl3N2O2/c18-11-2-1-3-13(7-11)22-9-10(6-16(22)23)17(24)21-15-8-12(19)4-5-14(15)20/h1-5,7-8,10H,6,9H2,(H,21,24)/t10-/m1/s1. The number of hydrogen-bond acceptors (Lipinski definition) is 2. The molecule has 7 heteroatoms. The fraction of sp³-hybridized carbons (Fsp3) is 0.176. The fourth-order valence-electron chi connectivity index (χ4n) is 2.60. The van der Waals surface area contributed by atoms with Crippen molar-refractivity contribution in [3.63, 3.8) is 0 Å². The monoisotopic (exact) mass is 382 g/mol. The molecule has 1 saturated heterocycles. The second-order valence-corrected chi connectivity index (χ2v) is 6.78. The van der Waals surface area contributed by atoms with Crippen molar-refractivity contribution in [2.45, 2.75) is 6.42 Å². The van der Waals surface area contributed by atoms with Crippen LogP contribution in [0.25, 0.3) is 0 Å². The van der Waals surface area contributed by atoms with Gasteiger partial charge in [-0.3, -0.25) is 9.59 Å². The average Bonchev–Trinajstić information content (AvgIpc) is 2.93. The van der Waals surface area contributed by atoms with Gasteiger partial charge in [-0.15, -0.1) is 0 Å². The van der Waals surface area contributed by atoms with Crippen molar-refractivity contribution in [3.8, 4) is 0 Å². The maximum Gasteiger partial charge on any atom is 0.229 e. The normalized spacial score (nSPS) is 17.2. The Bertz CT molecular complexity index is 810. The predicted octanol–water partition coefficient (Wildman–Crippen LogP) is 4.64. The van der Waals surface area contributed by atoms with E-state index in [1.807, 2.05) is 0 Å². The van der Waals surface area contributed by atoms with Crippen LogP contribution in [0, 0.1) is 5.92 Å². The van der Waals surface area contributed by atoms with Gasteiger partial charge >= 0.3 is 0 Å². The minimum Gasteiger partial charge on any atom is -0.324 e. The molecule has 1 N–H and O–H groups in total. The number of rotatable bonds is 3. The summed E-state index contributed by atoms with van der Waals surface area (Å²) < 4.78 is 0. The number of hydrogen-bond donors (Lipinski definition) is 1. The van der Waals surface area contributed by atoms with Gasteiger partial charge in [-0.25, -0.2) is 0 Å². The van der Waals surface area contributed by atoms with Crippen LogP contribution in [0.2, 0.25) is 15.1 Å². The molecule has 2 aromatic carbocycles. The molecule has 24 heavy (non-hydrogen) atoms. The molecule has 0 unspecified atom stereocenters. The first-order valence-corrected chi connectivity index (χ1v) is 8.39. The number of halogens is 3. The van der Waals surface area contributed by atoms with Crippen LogP contribution in [-0.4, -0.2) is 18.4 Å². The highest BCUT2D eigenvalue weighted by molar-refractivity contribution is 6.35. The van der Waals surface area contributed by atoms with Crippen LogP contribution in [0.1, 0.15) is 6.42 Å². The molecule has 1 fully saturated rings. The Hall–Kier alpha value is -1.75. The third kappa shape index (κ3) is 3.66. The van der Waals surface area contributed by atoms with Crippen LogP contribution in [0.15, 0.2) is 42.5 Å². The Morgan fingerprint density at radius 3 is 2.58 bits per heavy atom. The Morgan fingerprint density at radius 2 is 1.83 bits per heavy atom. The Kier molecular flexibility index (Phi) is 4.99. The average molecular weight is 384 g/mol. The second kappa shape index (κ2) is 7.01. The van der Waals surface area contributed by atoms with Gasteiger partial charge in [-0.2, -0.15) is 0 Å². The number of nitrogens with zero attached hydrogens (tertiary/aromatic N) is 1. The molecule has 2 amide bonds. The maximum absolute atomic E-state index is 12.4. The zero-order chi connectivity index (χ0) is 17.3. The summed E-state index contributed by atoms with van der Waals surface area (Å²) in [6.45, 7) is 0.295. The molecule has 1 aliphatic heterocycles. The van der Waals surface area contributed by atoms with E-state index in [1.165, 1.54) is 0 Å². The highest BCUT2D eigenvalue weighted by Crippen LogP contribution is 2.30. The van der Waals surface area contributed by atoms with E-state index >= 15 is 0 Å². The van der Waals surface area contributed by atoms with Gasteiger partial charge in [0.25, 0.3) is 0 Å². The molecular weight excluding hydrogens is 371 g/mol. The molecule has 1 heterocycles. The van der Waals surface area contributed by atoms with E-state index in [1.54, 1.807) is 47.4 Å². The summed E-state index contributed by atoms with van der Waals surface area (Å²) in [6.07, 6.45) is 0.135. The minimum absolute atomic E-state index is 0.116. The quantitative estimate of drug-likeness (QED) is 0.839. The van der Waals surface area contributed by atoms with Gasteiger partial charge in [-0.05, 0) is 36.4 Å². The first-order chi connectivity index (χ1) is 11.4. The zero-order valence-electron chi connectivity index (χ0n) is 12.4. The van der Waals surface area contributed by atoms with E-state index in [4.69, 9.17) is 34.8 Å². The van der Waals surface area contributed by atoms with E-state index < -0.39 is 5.92 Å². The van der Waals surface area contributed by atoms with Crippen molar-refractivity contribution in [2.75, 3.05) is 16.8 Å². The van der Waals surface area contributed by atoms with Gasteiger partial charge in [-0.1, -0.05) is 40.9 Å². The first kappa shape index (κ1) is 17.1. The zero-order valence-corrected chi connectivity index (χ0v) is 14.7. The van der Waals surface area contributed by atoms with Crippen molar-refractivity contribution < 1.29 is 9.59 Å². The second-order valence-electron chi connectivity index (χ2n) is 5.50. The molecule has 0 aliphatic carbocycles. The highest BCUT2D eigenvalue weighted by Gasteiger charge is 2.35. The number of anilines is 2. The SMILES string of the molecule is O=C(Nc1cc(Cl)ccc1Cl)[C@@H]1CC(=O)N(c2cccc(Cl)c2)C1. The lowest BCUT2D eigenvalue weighted by molar-refractivity contribution is -0.122. The molecule has 0 radical (unpaired) electrons. The first-order valence-electron chi connectivity index (χ1n) is 7.26. The topological polar surface area (TPSA) is 49.4 Å². The van der Waals surface area contributed by atoms with Gasteiger partial charge in [0, 0.05) is 28.7 Å². The van der Waals surface area contributed by atoms with E-state index in [9.17, 15) is 9.59 Å². The van der Waals surface area contributed by atoms with E-state index in [-0.39, 0.29) is 18.2 Å². The lowest BCUT2D eigenvalue weighted by Crippen LogP contribution is -2.28. The van der Waals surface area contributed by atoms with Crippen LogP contribution in [0.4, 0.5) is 11.4 Å². The maximum atomic E-state index is 12.4. The van der Waals surface area contributed by atoms with Crippen molar-refractivity contribution in [1.29, 1.82) is 0 Å². The van der Waals surface area contributed by atoms with Crippen LogP contribution < -0.4 is 10.2 Å². The molecule has 1 aliphatic rings. The van der Waals surface area contributed by atoms with Crippen LogP contribution >= 0.6 is 34.8 Å². The summed E-state index contributed by atoms with van der Waals surface area (Å²) in [5.74, 6) is -0.849. The molecule has 3 rings (SSSR count). The van der Waals surface area contributed by atoms with Crippen LogP contribution in [-0.2, 0) is 9.59 Å². The molecule has 4 nitrogen and oxygen atoms in total. The Morgan fingerprint density at radius 1 is 1.08 bits per heavy atom. The molecule has 0 saturated carbocycles. The number of carbonyl (C=O) groups excluding carboxylic acids is 2. The molecule has 1 atom stereocenters. The summed E-state index contributed by atoms with van der Waals surface area (Å²) in [6, 6.07) is 11.8. The highest BCUT2D eigenvalue weighted by atomic mass is 35.5. The number of nitrogens with one attached hydrogen (secondary N) is 1. The molecule has 0 bridgehead atoms. The van der Waals surface area contributed by atoms with Crippen molar-refractivity contribution >= 4 is 58.0 Å². The number of benzene rings is 2. The van der Waals surface area contributed by atoms with Crippen molar-refractivity contribution in [3.05, 3.63) is 57.5 Å². The molecule has 2 aromatic rings. The molecular formula is C17H13Cl3N2O2. The summed E-state index contributed by atoms with van der Waals surface area (Å²) in [7, 11) is 0. The molecule has 124 valence electrons. The summed E-state index contributed by atoms with van der Waals surface area (Å²) >= 11 is 17.9. The van der Waals surface area contributed by atoms with Crippen molar-refractivity contribution in [1.82, 2.24) is 0 Å².